The lowest BCUT2D eigenvalue weighted by Crippen LogP contribution is -2.48. The third-order valence-electron chi connectivity index (χ3n) is 4.52. The molecule has 3 rings (SSSR count). The van der Waals surface area contributed by atoms with Gasteiger partial charge in [0, 0.05) is 49.3 Å². The van der Waals surface area contributed by atoms with Gasteiger partial charge < -0.3 is 20.2 Å². The van der Waals surface area contributed by atoms with Crippen molar-refractivity contribution in [1.29, 1.82) is 0 Å². The molecule has 24 heavy (non-hydrogen) atoms. The highest BCUT2D eigenvalue weighted by atomic mass is 32.1. The van der Waals surface area contributed by atoms with Crippen LogP contribution in [0.1, 0.15) is 23.8 Å². The molecule has 1 aliphatic rings. The van der Waals surface area contributed by atoms with E-state index < -0.39 is 6.10 Å². The standard InChI is InChI=1S/C18H25N3O2S/c1-20(2)18(23)21-9-7-14(8-10-21)19-12-15(22)17-11-13-5-3-4-6-16(13)24-17/h3-6,11,14-15,19,22H,7-10,12H2,1-2H3. The minimum absolute atomic E-state index is 0.0822. The second-order valence-corrected chi connectivity index (χ2v) is 7.66. The highest BCUT2D eigenvalue weighted by molar-refractivity contribution is 7.19. The van der Waals surface area contributed by atoms with Gasteiger partial charge in [0.15, 0.2) is 0 Å². The third kappa shape index (κ3) is 3.88. The average molecular weight is 347 g/mol. The van der Waals surface area contributed by atoms with Crippen LogP contribution in [0, 0.1) is 0 Å². The van der Waals surface area contributed by atoms with Crippen molar-refractivity contribution < 1.29 is 9.90 Å². The molecule has 2 N–H and O–H groups in total. The number of benzene rings is 1. The van der Waals surface area contributed by atoms with Crippen LogP contribution in [-0.2, 0) is 0 Å². The molecule has 6 heteroatoms. The molecule has 0 bridgehead atoms. The first-order valence-electron chi connectivity index (χ1n) is 8.41. The lowest BCUT2D eigenvalue weighted by atomic mass is 10.0. The topological polar surface area (TPSA) is 55.8 Å². The van der Waals surface area contributed by atoms with Gasteiger partial charge in [-0.05, 0) is 30.4 Å². The molecule has 0 spiro atoms. The van der Waals surface area contributed by atoms with E-state index in [9.17, 15) is 9.90 Å². The number of nitrogens with zero attached hydrogens (tertiary/aromatic N) is 2. The molecule has 2 aromatic rings. The fraction of sp³-hybridized carbons (Fsp3) is 0.500. The van der Waals surface area contributed by atoms with Crippen LogP contribution in [0.3, 0.4) is 0 Å². The van der Waals surface area contributed by atoms with E-state index >= 15 is 0 Å². The van der Waals surface area contributed by atoms with Gasteiger partial charge >= 0.3 is 6.03 Å². The van der Waals surface area contributed by atoms with E-state index in [1.54, 1.807) is 30.3 Å². The van der Waals surface area contributed by atoms with Gasteiger partial charge in [-0.25, -0.2) is 4.79 Å². The van der Waals surface area contributed by atoms with E-state index in [1.165, 1.54) is 10.1 Å². The number of thiophene rings is 1. The Morgan fingerprint density at radius 1 is 1.38 bits per heavy atom. The predicted molar refractivity (Wildman–Crippen MR) is 98.5 cm³/mol. The molecule has 5 nitrogen and oxygen atoms in total. The van der Waals surface area contributed by atoms with Gasteiger partial charge in [0.2, 0.25) is 0 Å². The molecule has 0 aliphatic carbocycles. The molecule has 1 saturated heterocycles. The van der Waals surface area contributed by atoms with Gasteiger partial charge in [0.25, 0.3) is 0 Å². The predicted octanol–water partition coefficient (Wildman–Crippen LogP) is 2.67. The highest BCUT2D eigenvalue weighted by Crippen LogP contribution is 2.29. The largest absolute Gasteiger partial charge is 0.386 e. The maximum absolute atomic E-state index is 11.9. The molecule has 130 valence electrons. The Bertz CT molecular complexity index is 659. The van der Waals surface area contributed by atoms with Crippen molar-refractivity contribution in [2.45, 2.75) is 25.0 Å². The van der Waals surface area contributed by atoms with Crippen LogP contribution in [0.2, 0.25) is 0 Å². The van der Waals surface area contributed by atoms with Crippen molar-refractivity contribution >= 4 is 27.5 Å². The molecular formula is C18H25N3O2S. The zero-order valence-corrected chi connectivity index (χ0v) is 15.1. The maximum Gasteiger partial charge on any atom is 0.319 e. The summed E-state index contributed by atoms with van der Waals surface area (Å²) in [5.74, 6) is 0. The van der Waals surface area contributed by atoms with E-state index in [4.69, 9.17) is 0 Å². The Balaban J connectivity index is 1.48. The van der Waals surface area contributed by atoms with Crippen LogP contribution in [0.25, 0.3) is 10.1 Å². The molecule has 0 radical (unpaired) electrons. The Labute approximate surface area is 146 Å². The summed E-state index contributed by atoms with van der Waals surface area (Å²) in [6.07, 6.45) is 1.38. The zero-order valence-electron chi connectivity index (χ0n) is 14.2. The number of amides is 2. The number of hydrogen-bond donors (Lipinski definition) is 2. The summed E-state index contributed by atoms with van der Waals surface area (Å²) >= 11 is 1.65. The summed E-state index contributed by atoms with van der Waals surface area (Å²) in [5, 5.41) is 15.1. The molecule has 1 fully saturated rings. The van der Waals surface area contributed by atoms with Crippen molar-refractivity contribution in [1.82, 2.24) is 15.1 Å². The molecule has 1 aromatic carbocycles. The van der Waals surface area contributed by atoms with Crippen molar-refractivity contribution in [3.63, 3.8) is 0 Å². The van der Waals surface area contributed by atoms with Crippen LogP contribution >= 0.6 is 11.3 Å². The first-order chi connectivity index (χ1) is 11.5. The first kappa shape index (κ1) is 17.2. The number of urea groups is 1. The second-order valence-electron chi connectivity index (χ2n) is 6.55. The summed E-state index contributed by atoms with van der Waals surface area (Å²) in [7, 11) is 3.57. The van der Waals surface area contributed by atoms with E-state index in [0.29, 0.717) is 12.6 Å². The SMILES string of the molecule is CN(C)C(=O)N1CCC(NCC(O)c2cc3ccccc3s2)CC1. The lowest BCUT2D eigenvalue weighted by Gasteiger charge is -2.34. The summed E-state index contributed by atoms with van der Waals surface area (Å²) < 4.78 is 1.21. The normalized spacial score (nSPS) is 17.2. The molecule has 1 atom stereocenters. The lowest BCUT2D eigenvalue weighted by molar-refractivity contribution is 0.141. The Hall–Kier alpha value is -1.63. The van der Waals surface area contributed by atoms with Crippen molar-refractivity contribution in [2.24, 2.45) is 0 Å². The maximum atomic E-state index is 11.9. The summed E-state index contributed by atoms with van der Waals surface area (Å²) in [4.78, 5) is 16.5. The Kier molecular flexibility index (Phi) is 5.38. The minimum Gasteiger partial charge on any atom is -0.386 e. The van der Waals surface area contributed by atoms with Crippen LogP contribution in [-0.4, -0.2) is 60.7 Å². The number of fused-ring (bicyclic) bond motifs is 1. The minimum atomic E-state index is -0.483. The van der Waals surface area contributed by atoms with E-state index in [0.717, 1.165) is 30.8 Å². The van der Waals surface area contributed by atoms with Gasteiger partial charge in [-0.3, -0.25) is 0 Å². The number of nitrogens with one attached hydrogen (secondary N) is 1. The quantitative estimate of drug-likeness (QED) is 0.894. The summed E-state index contributed by atoms with van der Waals surface area (Å²) in [5.41, 5.74) is 0. The molecule has 2 heterocycles. The fourth-order valence-electron chi connectivity index (χ4n) is 3.10. The molecule has 2 amide bonds. The Morgan fingerprint density at radius 2 is 2.08 bits per heavy atom. The zero-order chi connectivity index (χ0) is 17.1. The second kappa shape index (κ2) is 7.51. The average Bonchev–Trinajstić information content (AvgIpc) is 3.03. The van der Waals surface area contributed by atoms with Gasteiger partial charge in [0.05, 0.1) is 0 Å². The van der Waals surface area contributed by atoms with E-state index in [-0.39, 0.29) is 6.03 Å². The van der Waals surface area contributed by atoms with E-state index in [2.05, 4.69) is 23.5 Å². The third-order valence-corrected chi connectivity index (χ3v) is 5.74. The number of aliphatic hydroxyl groups is 1. The molecule has 1 aromatic heterocycles. The van der Waals surface area contributed by atoms with Crippen molar-refractivity contribution in [3.05, 3.63) is 35.2 Å². The van der Waals surface area contributed by atoms with Gasteiger partial charge in [-0.1, -0.05) is 18.2 Å². The smallest absolute Gasteiger partial charge is 0.319 e. The number of carbonyl (C=O) groups is 1. The Morgan fingerprint density at radius 3 is 2.75 bits per heavy atom. The van der Waals surface area contributed by atoms with Gasteiger partial charge in [0.1, 0.15) is 6.10 Å². The fourth-order valence-corrected chi connectivity index (χ4v) is 4.15. The number of likely N-dealkylation sites (tertiary alicyclic amines) is 1. The molecular weight excluding hydrogens is 322 g/mol. The highest BCUT2D eigenvalue weighted by Gasteiger charge is 2.24. The van der Waals surface area contributed by atoms with Gasteiger partial charge in [-0.2, -0.15) is 0 Å². The van der Waals surface area contributed by atoms with Gasteiger partial charge in [-0.15, -0.1) is 11.3 Å². The first-order valence-corrected chi connectivity index (χ1v) is 9.22. The summed E-state index contributed by atoms with van der Waals surface area (Å²) in [6.45, 7) is 2.10. The van der Waals surface area contributed by atoms with Crippen LogP contribution < -0.4 is 5.32 Å². The number of piperidine rings is 1. The number of rotatable bonds is 4. The summed E-state index contributed by atoms with van der Waals surface area (Å²) in [6, 6.07) is 10.7. The molecule has 1 aliphatic heterocycles. The van der Waals surface area contributed by atoms with Crippen molar-refractivity contribution in [2.75, 3.05) is 33.7 Å². The van der Waals surface area contributed by atoms with Crippen LogP contribution in [0.15, 0.2) is 30.3 Å². The number of carbonyl (C=O) groups excluding carboxylic acids is 1. The number of hydrogen-bond acceptors (Lipinski definition) is 4. The van der Waals surface area contributed by atoms with Crippen LogP contribution in [0.5, 0.6) is 0 Å². The van der Waals surface area contributed by atoms with E-state index in [1.807, 2.05) is 17.0 Å². The van der Waals surface area contributed by atoms with Crippen molar-refractivity contribution in [3.8, 4) is 0 Å². The monoisotopic (exact) mass is 347 g/mol. The molecule has 1 unspecified atom stereocenters. The molecule has 0 saturated carbocycles. The number of aliphatic hydroxyl groups excluding tert-OH is 1. The van der Waals surface area contributed by atoms with Crippen LogP contribution in [0.4, 0.5) is 4.79 Å².